The van der Waals surface area contributed by atoms with Crippen molar-refractivity contribution >= 4 is 5.97 Å². The Labute approximate surface area is 137 Å². The van der Waals surface area contributed by atoms with Crippen LogP contribution in [0.15, 0.2) is 43.0 Å². The van der Waals surface area contributed by atoms with E-state index in [-0.39, 0.29) is 18.1 Å². The third kappa shape index (κ3) is 4.42. The lowest BCUT2D eigenvalue weighted by Crippen LogP contribution is -2.31. The summed E-state index contributed by atoms with van der Waals surface area (Å²) in [5, 5.41) is 3.56. The highest BCUT2D eigenvalue weighted by atomic mass is 16.5. The first kappa shape index (κ1) is 17.2. The van der Waals surface area contributed by atoms with Crippen LogP contribution in [0.1, 0.15) is 55.2 Å². The minimum atomic E-state index is -0.276. The maximum absolute atomic E-state index is 11.7. The predicted octanol–water partition coefficient (Wildman–Crippen LogP) is 3.36. The van der Waals surface area contributed by atoms with Crippen molar-refractivity contribution in [1.82, 2.24) is 14.9 Å². The molecule has 0 radical (unpaired) electrons. The number of nitrogens with one attached hydrogen (secondary N) is 1. The summed E-state index contributed by atoms with van der Waals surface area (Å²) in [7, 11) is 0. The Hall–Kier alpha value is -2.14. The molecule has 5 heteroatoms. The summed E-state index contributed by atoms with van der Waals surface area (Å²) in [6, 6.07) is 7.65. The molecular formula is C18H25N3O2. The molecule has 0 saturated heterocycles. The lowest BCUT2D eigenvalue weighted by molar-refractivity contribution is 0.0526. The van der Waals surface area contributed by atoms with Crippen molar-refractivity contribution in [2.24, 2.45) is 0 Å². The number of hydrogen-bond donors (Lipinski definition) is 1. The zero-order chi connectivity index (χ0) is 16.7. The first-order valence-electron chi connectivity index (χ1n) is 8.15. The van der Waals surface area contributed by atoms with Gasteiger partial charge in [0, 0.05) is 18.3 Å². The minimum Gasteiger partial charge on any atom is -0.462 e. The number of hydrogen-bond acceptors (Lipinski definition) is 4. The molecule has 5 nitrogen and oxygen atoms in total. The molecule has 1 aromatic carbocycles. The van der Waals surface area contributed by atoms with Gasteiger partial charge in [-0.05, 0) is 37.6 Å². The number of ether oxygens (including phenoxy) is 1. The second-order valence-electron chi connectivity index (χ2n) is 5.54. The Morgan fingerprint density at radius 3 is 2.61 bits per heavy atom. The van der Waals surface area contributed by atoms with Crippen molar-refractivity contribution in [1.29, 1.82) is 0 Å². The van der Waals surface area contributed by atoms with E-state index in [2.05, 4.69) is 28.7 Å². The first-order chi connectivity index (χ1) is 11.2. The summed E-state index contributed by atoms with van der Waals surface area (Å²) >= 11 is 0. The number of rotatable bonds is 8. The third-order valence-corrected chi connectivity index (χ3v) is 3.87. The van der Waals surface area contributed by atoms with E-state index in [0.717, 1.165) is 13.0 Å². The summed E-state index contributed by atoms with van der Waals surface area (Å²) < 4.78 is 7.11. The van der Waals surface area contributed by atoms with Gasteiger partial charge in [-0.2, -0.15) is 0 Å². The SMILES string of the molecule is CCCNC(C(C)c1ccc(C(=O)OCC)cc1)n1ccnc1. The maximum atomic E-state index is 11.7. The van der Waals surface area contributed by atoms with E-state index in [0.29, 0.717) is 12.2 Å². The molecule has 1 heterocycles. The number of aromatic nitrogens is 2. The van der Waals surface area contributed by atoms with E-state index >= 15 is 0 Å². The van der Waals surface area contributed by atoms with Gasteiger partial charge < -0.3 is 9.30 Å². The van der Waals surface area contributed by atoms with Gasteiger partial charge >= 0.3 is 5.97 Å². The Balaban J connectivity index is 2.16. The number of nitrogens with zero attached hydrogens (tertiary/aromatic N) is 2. The molecule has 0 aliphatic carbocycles. The summed E-state index contributed by atoms with van der Waals surface area (Å²) in [6.07, 6.45) is 6.79. The molecule has 2 rings (SSSR count). The Morgan fingerprint density at radius 2 is 2.04 bits per heavy atom. The van der Waals surface area contributed by atoms with Crippen LogP contribution in [0.5, 0.6) is 0 Å². The molecule has 1 N–H and O–H groups in total. The van der Waals surface area contributed by atoms with Gasteiger partial charge in [-0.1, -0.05) is 26.0 Å². The van der Waals surface area contributed by atoms with Gasteiger partial charge in [0.1, 0.15) is 0 Å². The molecule has 0 amide bonds. The third-order valence-electron chi connectivity index (χ3n) is 3.87. The fraction of sp³-hybridized carbons (Fsp3) is 0.444. The normalized spacial score (nSPS) is 13.5. The van der Waals surface area contributed by atoms with Gasteiger partial charge in [0.05, 0.1) is 24.7 Å². The fourth-order valence-corrected chi connectivity index (χ4v) is 2.59. The van der Waals surface area contributed by atoms with E-state index in [1.165, 1.54) is 5.56 Å². The molecule has 0 aliphatic heterocycles. The van der Waals surface area contributed by atoms with Crippen LogP contribution in [0, 0.1) is 0 Å². The number of carbonyl (C=O) groups excluding carboxylic acids is 1. The Bertz CT molecular complexity index is 593. The van der Waals surface area contributed by atoms with Crippen LogP contribution < -0.4 is 5.32 Å². The molecule has 2 atom stereocenters. The fourth-order valence-electron chi connectivity index (χ4n) is 2.59. The van der Waals surface area contributed by atoms with Gasteiger partial charge in [-0.3, -0.25) is 5.32 Å². The molecule has 0 bridgehead atoms. The van der Waals surface area contributed by atoms with Crippen LogP contribution in [0.3, 0.4) is 0 Å². The quantitative estimate of drug-likeness (QED) is 0.759. The Kier molecular flexibility index (Phi) is 6.35. The second kappa shape index (κ2) is 8.48. The molecule has 2 aromatic rings. The summed E-state index contributed by atoms with van der Waals surface area (Å²) in [6.45, 7) is 7.46. The molecule has 0 fully saturated rings. The lowest BCUT2D eigenvalue weighted by atomic mass is 9.96. The maximum Gasteiger partial charge on any atom is 0.338 e. The average Bonchev–Trinajstić information content (AvgIpc) is 3.09. The van der Waals surface area contributed by atoms with E-state index in [1.807, 2.05) is 43.7 Å². The van der Waals surface area contributed by atoms with Gasteiger partial charge in [0.15, 0.2) is 0 Å². The van der Waals surface area contributed by atoms with Gasteiger partial charge in [0.2, 0.25) is 0 Å². The van der Waals surface area contributed by atoms with Gasteiger partial charge in [-0.25, -0.2) is 9.78 Å². The molecule has 23 heavy (non-hydrogen) atoms. The first-order valence-corrected chi connectivity index (χ1v) is 8.15. The highest BCUT2D eigenvalue weighted by Crippen LogP contribution is 2.26. The monoisotopic (exact) mass is 315 g/mol. The van der Waals surface area contributed by atoms with Crippen molar-refractivity contribution in [3.63, 3.8) is 0 Å². The zero-order valence-corrected chi connectivity index (χ0v) is 14.0. The average molecular weight is 315 g/mol. The molecule has 1 aromatic heterocycles. The van der Waals surface area contributed by atoms with Crippen LogP contribution in [0.2, 0.25) is 0 Å². The molecule has 0 saturated carbocycles. The summed E-state index contributed by atoms with van der Waals surface area (Å²) in [4.78, 5) is 15.9. The minimum absolute atomic E-state index is 0.130. The van der Waals surface area contributed by atoms with Gasteiger partial charge in [0.25, 0.3) is 0 Å². The zero-order valence-electron chi connectivity index (χ0n) is 14.0. The van der Waals surface area contributed by atoms with E-state index < -0.39 is 0 Å². The molecule has 0 aliphatic rings. The Morgan fingerprint density at radius 1 is 1.30 bits per heavy atom. The highest BCUT2D eigenvalue weighted by Gasteiger charge is 2.20. The van der Waals surface area contributed by atoms with Crippen molar-refractivity contribution in [2.45, 2.75) is 39.3 Å². The summed E-state index contributed by atoms with van der Waals surface area (Å²) in [5.41, 5.74) is 1.75. The molecule has 124 valence electrons. The van der Waals surface area contributed by atoms with Crippen LogP contribution in [-0.2, 0) is 4.74 Å². The van der Waals surface area contributed by atoms with Gasteiger partial charge in [-0.15, -0.1) is 0 Å². The smallest absolute Gasteiger partial charge is 0.338 e. The van der Waals surface area contributed by atoms with Crippen molar-refractivity contribution in [3.8, 4) is 0 Å². The molecule has 0 spiro atoms. The molecular weight excluding hydrogens is 290 g/mol. The largest absolute Gasteiger partial charge is 0.462 e. The van der Waals surface area contributed by atoms with E-state index in [9.17, 15) is 4.79 Å². The van der Waals surface area contributed by atoms with E-state index in [1.54, 1.807) is 6.20 Å². The second-order valence-corrected chi connectivity index (χ2v) is 5.54. The van der Waals surface area contributed by atoms with Crippen LogP contribution in [-0.4, -0.2) is 28.7 Å². The van der Waals surface area contributed by atoms with Crippen molar-refractivity contribution < 1.29 is 9.53 Å². The van der Waals surface area contributed by atoms with Crippen LogP contribution in [0.4, 0.5) is 0 Å². The molecule has 2 unspecified atom stereocenters. The lowest BCUT2D eigenvalue weighted by Gasteiger charge is -2.27. The number of carbonyl (C=O) groups is 1. The van der Waals surface area contributed by atoms with Crippen molar-refractivity contribution in [3.05, 3.63) is 54.1 Å². The van der Waals surface area contributed by atoms with E-state index in [4.69, 9.17) is 4.74 Å². The van der Waals surface area contributed by atoms with Crippen molar-refractivity contribution in [2.75, 3.05) is 13.2 Å². The predicted molar refractivity (Wildman–Crippen MR) is 90.4 cm³/mol. The number of imidazole rings is 1. The number of benzene rings is 1. The highest BCUT2D eigenvalue weighted by molar-refractivity contribution is 5.89. The topological polar surface area (TPSA) is 56.1 Å². The van der Waals surface area contributed by atoms with Crippen LogP contribution in [0.25, 0.3) is 0 Å². The van der Waals surface area contributed by atoms with Crippen LogP contribution >= 0.6 is 0 Å². The standard InChI is InChI=1S/C18H25N3O2/c1-4-10-20-17(21-12-11-19-13-21)14(3)15-6-8-16(9-7-15)18(22)23-5-2/h6-9,11-14,17,20H,4-5,10H2,1-3H3. The summed E-state index contributed by atoms with van der Waals surface area (Å²) in [5.74, 6) is -0.0334. The number of esters is 1.